The first-order chi connectivity index (χ1) is 18.1. The third-order valence-electron chi connectivity index (χ3n) is 5.78. The van der Waals surface area contributed by atoms with Gasteiger partial charge in [0.1, 0.15) is 17.2 Å². The van der Waals surface area contributed by atoms with Crippen LogP contribution in [0.25, 0.3) is 18.2 Å². The molecule has 0 bridgehead atoms. The highest BCUT2D eigenvalue weighted by atomic mass is 16.7. The van der Waals surface area contributed by atoms with Crippen molar-refractivity contribution in [3.05, 3.63) is 107 Å². The lowest BCUT2D eigenvalue weighted by Gasteiger charge is -2.14. The number of allylic oxidation sites excluding steroid dienone is 3. The second-order valence-electron chi connectivity index (χ2n) is 8.74. The summed E-state index contributed by atoms with van der Waals surface area (Å²) in [5.41, 5.74) is 4.13. The maximum absolute atomic E-state index is 9.56. The molecule has 4 rings (SSSR count). The highest BCUT2D eigenvalue weighted by Crippen LogP contribution is 2.22. The van der Waals surface area contributed by atoms with Crippen LogP contribution in [0.2, 0.25) is 0 Å². The highest BCUT2D eigenvalue weighted by molar-refractivity contribution is 5.68. The van der Waals surface area contributed by atoms with Gasteiger partial charge in [0.05, 0.1) is 6.61 Å². The lowest BCUT2D eigenvalue weighted by atomic mass is 10.1. The minimum atomic E-state index is -0.291. The fraction of sp³-hybridized carbons (Fsp3) is 0.250. The molecule has 1 saturated heterocycles. The van der Waals surface area contributed by atoms with Crippen LogP contribution in [0.5, 0.6) is 17.2 Å². The molecule has 0 radical (unpaired) electrons. The van der Waals surface area contributed by atoms with Gasteiger partial charge < -0.3 is 24.1 Å². The van der Waals surface area contributed by atoms with Gasteiger partial charge >= 0.3 is 0 Å². The molecule has 0 spiro atoms. The summed E-state index contributed by atoms with van der Waals surface area (Å²) in [5, 5.41) is 9.56. The topological polar surface area (TPSA) is 57.2 Å². The van der Waals surface area contributed by atoms with Gasteiger partial charge in [0.25, 0.3) is 0 Å². The van der Waals surface area contributed by atoms with Crippen molar-refractivity contribution in [2.75, 3.05) is 13.2 Å². The van der Waals surface area contributed by atoms with Gasteiger partial charge in [-0.3, -0.25) is 0 Å². The van der Waals surface area contributed by atoms with Crippen LogP contribution in [0, 0.1) is 0 Å². The molecule has 0 aromatic heterocycles. The average Bonchev–Trinajstić information content (AvgIpc) is 3.42. The molecular weight excluding hydrogens is 464 g/mol. The Morgan fingerprint density at radius 3 is 2.08 bits per heavy atom. The predicted molar refractivity (Wildman–Crippen MR) is 148 cm³/mol. The molecule has 1 aliphatic heterocycles. The Morgan fingerprint density at radius 1 is 0.892 bits per heavy atom. The summed E-state index contributed by atoms with van der Waals surface area (Å²) < 4.78 is 22.7. The molecule has 0 saturated carbocycles. The van der Waals surface area contributed by atoms with Crippen molar-refractivity contribution in [3.63, 3.8) is 0 Å². The minimum absolute atomic E-state index is 0.139. The van der Waals surface area contributed by atoms with E-state index in [9.17, 15) is 5.11 Å². The Labute approximate surface area is 219 Å². The van der Waals surface area contributed by atoms with E-state index in [1.807, 2.05) is 80.6 Å². The normalized spacial score (nSPS) is 16.9. The van der Waals surface area contributed by atoms with Crippen molar-refractivity contribution in [1.82, 2.24) is 0 Å². The fourth-order valence-corrected chi connectivity index (χ4v) is 3.87. The monoisotopic (exact) mass is 498 g/mol. The Morgan fingerprint density at radius 2 is 1.49 bits per heavy atom. The van der Waals surface area contributed by atoms with Crippen LogP contribution in [0.3, 0.4) is 0 Å². The van der Waals surface area contributed by atoms with Gasteiger partial charge in [-0.1, -0.05) is 60.7 Å². The Bertz CT molecular complexity index is 1190. The molecule has 2 unspecified atom stereocenters. The molecule has 3 aromatic rings. The molecule has 1 aliphatic rings. The number of aromatic hydroxyl groups is 1. The number of hydrogen-bond donors (Lipinski definition) is 1. The highest BCUT2D eigenvalue weighted by Gasteiger charge is 2.16. The van der Waals surface area contributed by atoms with Crippen LogP contribution in [0.4, 0.5) is 0 Å². The van der Waals surface area contributed by atoms with Crippen LogP contribution < -0.4 is 9.47 Å². The number of phenolic OH excluding ortho intramolecular Hbond substituents is 1. The Kier molecular flexibility index (Phi) is 9.58. The summed E-state index contributed by atoms with van der Waals surface area (Å²) in [6.07, 6.45) is 11.9. The van der Waals surface area contributed by atoms with Crippen LogP contribution in [-0.4, -0.2) is 30.9 Å². The van der Waals surface area contributed by atoms with Crippen molar-refractivity contribution in [2.45, 2.75) is 39.3 Å². The summed E-state index contributed by atoms with van der Waals surface area (Å²) in [6.45, 7) is 5.20. The lowest BCUT2D eigenvalue weighted by molar-refractivity contribution is -0.0613. The van der Waals surface area contributed by atoms with E-state index in [0.717, 1.165) is 53.2 Å². The van der Waals surface area contributed by atoms with Gasteiger partial charge in [-0.05, 0) is 85.0 Å². The summed E-state index contributed by atoms with van der Waals surface area (Å²) in [6, 6.07) is 23.1. The molecule has 5 heteroatoms. The van der Waals surface area contributed by atoms with Crippen molar-refractivity contribution in [1.29, 1.82) is 0 Å². The molecule has 0 aliphatic carbocycles. The zero-order valence-electron chi connectivity index (χ0n) is 21.4. The summed E-state index contributed by atoms with van der Waals surface area (Å²) in [5.74, 6) is 1.83. The zero-order chi connectivity index (χ0) is 25.9. The van der Waals surface area contributed by atoms with E-state index in [0.29, 0.717) is 6.61 Å². The zero-order valence-corrected chi connectivity index (χ0v) is 21.4. The lowest BCUT2D eigenvalue weighted by Crippen LogP contribution is -2.15. The largest absolute Gasteiger partial charge is 0.508 e. The first-order valence-corrected chi connectivity index (χ1v) is 12.7. The first kappa shape index (κ1) is 26.3. The van der Waals surface area contributed by atoms with Gasteiger partial charge in [-0.25, -0.2) is 0 Å². The van der Waals surface area contributed by atoms with E-state index in [2.05, 4.69) is 24.3 Å². The van der Waals surface area contributed by atoms with Crippen LogP contribution in [0.1, 0.15) is 43.4 Å². The van der Waals surface area contributed by atoms with Crippen molar-refractivity contribution in [2.24, 2.45) is 0 Å². The molecule has 0 amide bonds. The SMILES string of the molecule is CCOC(C)Oc1ccc(C=C(C=Cc2ccc(O)cc2)C=Cc2ccc(OC3CCCO3)cc2)cc1. The second-order valence-corrected chi connectivity index (χ2v) is 8.74. The molecule has 3 aromatic carbocycles. The molecular formula is C32H34O5. The van der Waals surface area contributed by atoms with E-state index in [1.54, 1.807) is 12.1 Å². The number of ether oxygens (including phenoxy) is 4. The van der Waals surface area contributed by atoms with Crippen LogP contribution in [-0.2, 0) is 9.47 Å². The Balaban J connectivity index is 1.50. The number of rotatable bonds is 11. The summed E-state index contributed by atoms with van der Waals surface area (Å²) in [4.78, 5) is 0. The van der Waals surface area contributed by atoms with E-state index in [4.69, 9.17) is 18.9 Å². The quantitative estimate of drug-likeness (QED) is 0.219. The van der Waals surface area contributed by atoms with E-state index < -0.39 is 0 Å². The van der Waals surface area contributed by atoms with Gasteiger partial charge in [-0.2, -0.15) is 0 Å². The van der Waals surface area contributed by atoms with Crippen molar-refractivity contribution >= 4 is 18.2 Å². The third kappa shape index (κ3) is 8.67. The molecule has 1 heterocycles. The van der Waals surface area contributed by atoms with Gasteiger partial charge in [-0.15, -0.1) is 0 Å². The minimum Gasteiger partial charge on any atom is -0.508 e. The summed E-state index contributed by atoms with van der Waals surface area (Å²) >= 11 is 0. The molecule has 1 N–H and O–H groups in total. The standard InChI is InChI=1S/C32H34O5/c1-3-34-24(2)36-30-20-14-28(15-21-30)23-27(8-6-25-10-16-29(33)17-11-25)9-7-26-12-18-31(19-13-26)37-32-5-4-22-35-32/h6-21,23-24,32-33H,3-5,22H2,1-2H3. The van der Waals surface area contributed by atoms with Crippen LogP contribution >= 0.6 is 0 Å². The van der Waals surface area contributed by atoms with Crippen LogP contribution in [0.15, 0.2) is 90.5 Å². The van der Waals surface area contributed by atoms with Gasteiger partial charge in [0, 0.05) is 13.0 Å². The van der Waals surface area contributed by atoms with E-state index in [1.165, 1.54) is 0 Å². The molecule has 1 fully saturated rings. The molecule has 37 heavy (non-hydrogen) atoms. The molecule has 5 nitrogen and oxygen atoms in total. The number of hydrogen-bond acceptors (Lipinski definition) is 5. The first-order valence-electron chi connectivity index (χ1n) is 12.7. The number of benzene rings is 3. The predicted octanol–water partition coefficient (Wildman–Crippen LogP) is 7.48. The third-order valence-corrected chi connectivity index (χ3v) is 5.78. The van der Waals surface area contributed by atoms with E-state index >= 15 is 0 Å². The second kappa shape index (κ2) is 13.5. The average molecular weight is 499 g/mol. The molecule has 192 valence electrons. The van der Waals surface area contributed by atoms with Gasteiger partial charge in [0.15, 0.2) is 12.6 Å². The molecule has 2 atom stereocenters. The van der Waals surface area contributed by atoms with Crippen molar-refractivity contribution in [3.8, 4) is 17.2 Å². The summed E-state index contributed by atoms with van der Waals surface area (Å²) in [7, 11) is 0. The van der Waals surface area contributed by atoms with Gasteiger partial charge in [0.2, 0.25) is 0 Å². The maximum atomic E-state index is 9.56. The number of phenols is 1. The van der Waals surface area contributed by atoms with E-state index in [-0.39, 0.29) is 18.3 Å². The Hall–Kier alpha value is -3.80. The maximum Gasteiger partial charge on any atom is 0.199 e. The fourth-order valence-electron chi connectivity index (χ4n) is 3.87. The smallest absolute Gasteiger partial charge is 0.199 e. The van der Waals surface area contributed by atoms with Crippen molar-refractivity contribution < 1.29 is 24.1 Å².